The topological polar surface area (TPSA) is 65.1 Å². The number of rotatable bonds is 2. The smallest absolute Gasteiger partial charge is 0.495 e. The van der Waals surface area contributed by atoms with E-state index < -0.39 is 12.4 Å². The summed E-state index contributed by atoms with van der Waals surface area (Å²) in [5.41, 5.74) is 0. The first-order valence-corrected chi connectivity index (χ1v) is 3.87. The van der Waals surface area contributed by atoms with E-state index >= 15 is 0 Å². The van der Waals surface area contributed by atoms with Gasteiger partial charge in [0.1, 0.15) is 0 Å². The summed E-state index contributed by atoms with van der Waals surface area (Å²) >= 11 is 0. The summed E-state index contributed by atoms with van der Waals surface area (Å²) in [7, 11) is 4.08. The van der Waals surface area contributed by atoms with E-state index in [1.54, 1.807) is 0 Å². The predicted molar refractivity (Wildman–Crippen MR) is 45.1 cm³/mol. The van der Waals surface area contributed by atoms with Crippen LogP contribution >= 0.6 is 0 Å². The lowest BCUT2D eigenvalue weighted by Crippen LogP contribution is -2.35. The quantitative estimate of drug-likeness (QED) is 0.593. The number of nitrogens with zero attached hydrogens (tertiary/aromatic N) is 1. The van der Waals surface area contributed by atoms with Gasteiger partial charge in [-0.1, -0.05) is 0 Å². The molecule has 0 bridgehead atoms. The lowest BCUT2D eigenvalue weighted by Gasteiger charge is -2.21. The molecule has 14 heavy (non-hydrogen) atoms. The highest BCUT2D eigenvalue weighted by molar-refractivity contribution is 5.91. The van der Waals surface area contributed by atoms with Gasteiger partial charge >= 0.3 is 6.16 Å². The SMILES string of the molecule is COC(=O)OC1C(OC)=CC(=O)N1C. The highest BCUT2D eigenvalue weighted by atomic mass is 16.7. The molecule has 0 saturated heterocycles. The number of amides is 1. The number of methoxy groups -OCH3 is 2. The summed E-state index contributed by atoms with van der Waals surface area (Å²) in [6.07, 6.45) is -0.437. The Morgan fingerprint density at radius 2 is 2.14 bits per heavy atom. The predicted octanol–water partition coefficient (Wildman–Crippen LogP) is 0.0978. The fourth-order valence-corrected chi connectivity index (χ4v) is 1.04. The summed E-state index contributed by atoms with van der Waals surface area (Å²) in [4.78, 5) is 23.2. The van der Waals surface area contributed by atoms with Crippen LogP contribution in [-0.4, -0.2) is 44.5 Å². The lowest BCUT2D eigenvalue weighted by molar-refractivity contribution is -0.130. The van der Waals surface area contributed by atoms with E-state index in [9.17, 15) is 9.59 Å². The Labute approximate surface area is 81.0 Å². The number of hydrogen-bond acceptors (Lipinski definition) is 5. The van der Waals surface area contributed by atoms with Gasteiger partial charge in [0.2, 0.25) is 6.23 Å². The number of hydrogen-bond donors (Lipinski definition) is 0. The highest BCUT2D eigenvalue weighted by Gasteiger charge is 2.34. The Bertz CT molecular complexity index is 285. The van der Waals surface area contributed by atoms with Crippen LogP contribution in [0.2, 0.25) is 0 Å². The zero-order chi connectivity index (χ0) is 10.7. The molecular weight excluding hydrogens is 190 g/mol. The molecule has 1 aliphatic rings. The maximum absolute atomic E-state index is 11.2. The van der Waals surface area contributed by atoms with Crippen molar-refractivity contribution in [2.45, 2.75) is 6.23 Å². The molecule has 0 N–H and O–H groups in total. The molecule has 1 heterocycles. The fraction of sp³-hybridized carbons (Fsp3) is 0.500. The molecule has 6 heteroatoms. The first-order valence-electron chi connectivity index (χ1n) is 3.87. The summed E-state index contributed by atoms with van der Waals surface area (Å²) < 4.78 is 14.0. The molecule has 0 aliphatic carbocycles. The van der Waals surface area contributed by atoms with Crippen LogP contribution in [0.15, 0.2) is 11.8 Å². The van der Waals surface area contributed by atoms with Gasteiger partial charge in [0.15, 0.2) is 5.76 Å². The second-order valence-corrected chi connectivity index (χ2v) is 2.62. The van der Waals surface area contributed by atoms with Crippen molar-refractivity contribution in [3.8, 4) is 0 Å². The maximum Gasteiger partial charge on any atom is 0.510 e. The molecule has 78 valence electrons. The highest BCUT2D eigenvalue weighted by Crippen LogP contribution is 2.19. The Morgan fingerprint density at radius 1 is 1.50 bits per heavy atom. The Hall–Kier alpha value is -1.72. The lowest BCUT2D eigenvalue weighted by atomic mass is 10.5. The van der Waals surface area contributed by atoms with E-state index in [2.05, 4.69) is 4.74 Å². The van der Waals surface area contributed by atoms with Gasteiger partial charge in [-0.3, -0.25) is 9.69 Å². The van der Waals surface area contributed by atoms with Crippen LogP contribution in [0.1, 0.15) is 0 Å². The molecular formula is C8H11NO5. The number of ether oxygens (including phenoxy) is 3. The van der Waals surface area contributed by atoms with Gasteiger partial charge in [-0.05, 0) is 0 Å². The van der Waals surface area contributed by atoms with Gasteiger partial charge < -0.3 is 14.2 Å². The van der Waals surface area contributed by atoms with Crippen molar-refractivity contribution in [1.82, 2.24) is 4.90 Å². The van der Waals surface area contributed by atoms with E-state index in [1.165, 1.54) is 32.2 Å². The molecule has 0 fully saturated rings. The molecule has 0 aromatic heterocycles. The molecule has 0 aromatic carbocycles. The standard InChI is InChI=1S/C8H11NO5/c1-9-6(10)4-5(12-2)7(9)14-8(11)13-3/h4,7H,1-3H3. The van der Waals surface area contributed by atoms with Crippen molar-refractivity contribution < 1.29 is 23.8 Å². The monoisotopic (exact) mass is 201 g/mol. The first-order chi connectivity index (χ1) is 6.60. The minimum atomic E-state index is -0.862. The van der Waals surface area contributed by atoms with E-state index in [0.717, 1.165) is 0 Å². The van der Waals surface area contributed by atoms with E-state index in [-0.39, 0.29) is 11.7 Å². The second-order valence-electron chi connectivity index (χ2n) is 2.62. The largest absolute Gasteiger partial charge is 0.510 e. The Kier molecular flexibility index (Phi) is 2.95. The van der Waals surface area contributed by atoms with E-state index in [1.807, 2.05) is 0 Å². The molecule has 1 amide bonds. The zero-order valence-corrected chi connectivity index (χ0v) is 8.14. The molecule has 6 nitrogen and oxygen atoms in total. The number of likely N-dealkylation sites (N-methyl/N-ethyl adjacent to an activating group) is 1. The summed E-state index contributed by atoms with van der Waals surface area (Å²) in [6, 6.07) is 0. The fourth-order valence-electron chi connectivity index (χ4n) is 1.04. The van der Waals surface area contributed by atoms with Crippen LogP contribution in [0.4, 0.5) is 4.79 Å². The van der Waals surface area contributed by atoms with Gasteiger partial charge in [-0.25, -0.2) is 4.79 Å². The zero-order valence-electron chi connectivity index (χ0n) is 8.14. The van der Waals surface area contributed by atoms with E-state index in [4.69, 9.17) is 9.47 Å². The molecule has 0 spiro atoms. The van der Waals surface area contributed by atoms with E-state index in [0.29, 0.717) is 0 Å². The molecule has 0 radical (unpaired) electrons. The Balaban J connectivity index is 2.72. The summed E-state index contributed by atoms with van der Waals surface area (Å²) in [5, 5.41) is 0. The average molecular weight is 201 g/mol. The van der Waals surface area contributed by atoms with Crippen LogP contribution in [0, 0.1) is 0 Å². The average Bonchev–Trinajstić information content (AvgIpc) is 2.45. The molecule has 1 aliphatic heterocycles. The van der Waals surface area contributed by atoms with Gasteiger partial charge in [-0.15, -0.1) is 0 Å². The van der Waals surface area contributed by atoms with Crippen molar-refractivity contribution in [2.75, 3.05) is 21.3 Å². The molecule has 0 aromatic rings. The van der Waals surface area contributed by atoms with Crippen LogP contribution in [0.25, 0.3) is 0 Å². The number of carbonyl (C=O) groups excluding carboxylic acids is 2. The van der Waals surface area contributed by atoms with Crippen LogP contribution < -0.4 is 0 Å². The van der Waals surface area contributed by atoms with Crippen molar-refractivity contribution in [3.05, 3.63) is 11.8 Å². The summed E-state index contributed by atoms with van der Waals surface area (Å²) in [6.45, 7) is 0. The normalized spacial score (nSPS) is 20.5. The maximum atomic E-state index is 11.2. The van der Waals surface area contributed by atoms with Crippen molar-refractivity contribution in [1.29, 1.82) is 0 Å². The summed E-state index contributed by atoms with van der Waals surface area (Å²) in [5.74, 6) is -0.00125. The van der Waals surface area contributed by atoms with Gasteiger partial charge in [0.25, 0.3) is 5.91 Å². The van der Waals surface area contributed by atoms with Crippen molar-refractivity contribution in [3.63, 3.8) is 0 Å². The van der Waals surface area contributed by atoms with Crippen molar-refractivity contribution in [2.24, 2.45) is 0 Å². The third-order valence-electron chi connectivity index (χ3n) is 1.82. The van der Waals surface area contributed by atoms with Crippen LogP contribution in [-0.2, 0) is 19.0 Å². The Morgan fingerprint density at radius 3 is 2.64 bits per heavy atom. The third kappa shape index (κ3) is 1.78. The molecule has 0 saturated carbocycles. The second kappa shape index (κ2) is 3.99. The minimum absolute atomic E-state index is 0.280. The van der Waals surface area contributed by atoms with Gasteiger partial charge in [0, 0.05) is 13.1 Å². The molecule has 1 atom stereocenters. The first kappa shape index (κ1) is 10.4. The van der Waals surface area contributed by atoms with Gasteiger partial charge in [-0.2, -0.15) is 0 Å². The molecule has 1 unspecified atom stereocenters. The van der Waals surface area contributed by atoms with Crippen molar-refractivity contribution >= 4 is 12.1 Å². The van der Waals surface area contributed by atoms with Gasteiger partial charge in [0.05, 0.1) is 14.2 Å². The molecule has 1 rings (SSSR count). The number of carbonyl (C=O) groups is 2. The third-order valence-corrected chi connectivity index (χ3v) is 1.82. The van der Waals surface area contributed by atoms with Crippen LogP contribution in [0.3, 0.4) is 0 Å². The van der Waals surface area contributed by atoms with Crippen LogP contribution in [0.5, 0.6) is 0 Å². The minimum Gasteiger partial charge on any atom is -0.495 e.